The quantitative estimate of drug-likeness (QED) is 0.844. The highest BCUT2D eigenvalue weighted by Crippen LogP contribution is 2.54. The van der Waals surface area contributed by atoms with Crippen LogP contribution in [0.15, 0.2) is 17.2 Å². The molecule has 0 amide bonds. The van der Waals surface area contributed by atoms with Crippen LogP contribution in [0.5, 0.6) is 0 Å². The van der Waals surface area contributed by atoms with E-state index in [1.807, 2.05) is 6.92 Å². The van der Waals surface area contributed by atoms with E-state index in [-0.39, 0.29) is 23.1 Å². The lowest BCUT2D eigenvalue weighted by Gasteiger charge is -2.44. The van der Waals surface area contributed by atoms with Gasteiger partial charge in [-0.1, -0.05) is 12.8 Å². The van der Waals surface area contributed by atoms with Gasteiger partial charge in [0.05, 0.1) is 12.4 Å². The average molecular weight is 262 g/mol. The molecular formula is C15H22N2O2. The molecule has 0 bridgehead atoms. The van der Waals surface area contributed by atoms with Gasteiger partial charge in [-0.2, -0.15) is 0 Å². The highest BCUT2D eigenvalue weighted by molar-refractivity contribution is 5.03. The molecule has 1 aromatic heterocycles. The molecule has 0 radical (unpaired) electrons. The lowest BCUT2D eigenvalue weighted by Crippen LogP contribution is -2.42. The van der Waals surface area contributed by atoms with Crippen molar-refractivity contribution in [3.8, 4) is 0 Å². The molecule has 104 valence electrons. The largest absolute Gasteiger partial charge is 0.393 e. The first-order chi connectivity index (χ1) is 9.11. The Labute approximate surface area is 113 Å². The summed E-state index contributed by atoms with van der Waals surface area (Å²) in [4.78, 5) is 16.5. The monoisotopic (exact) mass is 262 g/mol. The Morgan fingerprint density at radius 3 is 2.79 bits per heavy atom. The molecule has 0 aliphatic heterocycles. The summed E-state index contributed by atoms with van der Waals surface area (Å²) in [5, 5.41) is 9.99. The van der Waals surface area contributed by atoms with Crippen LogP contribution in [0.2, 0.25) is 0 Å². The zero-order valence-corrected chi connectivity index (χ0v) is 11.5. The molecule has 2 aliphatic carbocycles. The lowest BCUT2D eigenvalue weighted by atomic mass is 9.68. The topological polar surface area (TPSA) is 55.1 Å². The summed E-state index contributed by atoms with van der Waals surface area (Å²) in [7, 11) is 0. The van der Waals surface area contributed by atoms with Crippen LogP contribution in [0, 0.1) is 12.3 Å². The van der Waals surface area contributed by atoms with Crippen LogP contribution in [0.4, 0.5) is 0 Å². The standard InChI is InChI=1S/C15H22N2O2/c1-11-8-14(19)17(10-16-11)13-9-12(18)4-7-15(13)5-2-3-6-15/h8,10,12-13,18H,2-7,9H2,1H3. The first-order valence-electron chi connectivity index (χ1n) is 7.34. The maximum Gasteiger partial charge on any atom is 0.253 e. The third-order valence-electron chi connectivity index (χ3n) is 5.09. The highest BCUT2D eigenvalue weighted by Gasteiger charge is 2.46. The normalized spacial score (nSPS) is 29.8. The number of rotatable bonds is 1. The van der Waals surface area contributed by atoms with Crippen molar-refractivity contribution in [2.75, 3.05) is 0 Å². The van der Waals surface area contributed by atoms with E-state index in [1.165, 1.54) is 25.7 Å². The predicted molar refractivity (Wildman–Crippen MR) is 73.0 cm³/mol. The molecule has 2 fully saturated rings. The molecule has 2 unspecified atom stereocenters. The van der Waals surface area contributed by atoms with Gasteiger partial charge in [-0.15, -0.1) is 0 Å². The van der Waals surface area contributed by atoms with E-state index in [2.05, 4.69) is 4.98 Å². The zero-order valence-electron chi connectivity index (χ0n) is 11.5. The minimum absolute atomic E-state index is 0.0258. The fourth-order valence-electron chi connectivity index (χ4n) is 4.05. The van der Waals surface area contributed by atoms with Crippen LogP contribution in [-0.2, 0) is 0 Å². The Morgan fingerprint density at radius 2 is 2.11 bits per heavy atom. The van der Waals surface area contributed by atoms with Gasteiger partial charge in [-0.25, -0.2) is 4.98 Å². The van der Waals surface area contributed by atoms with Crippen molar-refractivity contribution >= 4 is 0 Å². The van der Waals surface area contributed by atoms with Crippen molar-refractivity contribution in [1.29, 1.82) is 0 Å². The van der Waals surface area contributed by atoms with Crippen molar-refractivity contribution < 1.29 is 5.11 Å². The summed E-state index contributed by atoms with van der Waals surface area (Å²) < 4.78 is 1.78. The van der Waals surface area contributed by atoms with Crippen molar-refractivity contribution in [2.24, 2.45) is 5.41 Å². The molecule has 3 rings (SSSR count). The number of aromatic nitrogens is 2. The second kappa shape index (κ2) is 4.75. The number of aliphatic hydroxyl groups is 1. The molecule has 1 N–H and O–H groups in total. The van der Waals surface area contributed by atoms with Gasteiger partial charge in [0, 0.05) is 17.8 Å². The Bertz CT molecular complexity index is 517. The predicted octanol–water partition coefficient (Wildman–Crippen LogP) is 2.20. The molecule has 1 heterocycles. The van der Waals surface area contributed by atoms with Gasteiger partial charge in [-0.3, -0.25) is 9.36 Å². The molecule has 0 saturated heterocycles. The molecule has 0 aromatic carbocycles. The van der Waals surface area contributed by atoms with E-state index in [0.29, 0.717) is 6.42 Å². The Morgan fingerprint density at radius 1 is 1.37 bits per heavy atom. The first-order valence-corrected chi connectivity index (χ1v) is 7.34. The summed E-state index contributed by atoms with van der Waals surface area (Å²) in [5.74, 6) is 0. The smallest absolute Gasteiger partial charge is 0.253 e. The van der Waals surface area contributed by atoms with Crippen LogP contribution in [0.1, 0.15) is 56.7 Å². The number of aliphatic hydroxyl groups excluding tert-OH is 1. The van der Waals surface area contributed by atoms with Gasteiger partial charge < -0.3 is 5.11 Å². The van der Waals surface area contributed by atoms with E-state index in [1.54, 1.807) is 17.0 Å². The van der Waals surface area contributed by atoms with Crippen LogP contribution >= 0.6 is 0 Å². The van der Waals surface area contributed by atoms with E-state index in [4.69, 9.17) is 0 Å². The van der Waals surface area contributed by atoms with Crippen molar-refractivity contribution in [3.63, 3.8) is 0 Å². The molecule has 1 spiro atoms. The van der Waals surface area contributed by atoms with Gasteiger partial charge >= 0.3 is 0 Å². The Hall–Kier alpha value is -1.16. The zero-order chi connectivity index (χ0) is 13.5. The van der Waals surface area contributed by atoms with Gasteiger partial charge in [-0.05, 0) is 44.4 Å². The summed E-state index contributed by atoms with van der Waals surface area (Å²) in [6.07, 6.45) is 8.90. The highest BCUT2D eigenvalue weighted by atomic mass is 16.3. The fraction of sp³-hybridized carbons (Fsp3) is 0.733. The van der Waals surface area contributed by atoms with Crippen molar-refractivity contribution in [2.45, 2.75) is 64.0 Å². The van der Waals surface area contributed by atoms with E-state index in [0.717, 1.165) is 18.5 Å². The second-order valence-electron chi connectivity index (χ2n) is 6.29. The second-order valence-corrected chi connectivity index (χ2v) is 6.29. The SMILES string of the molecule is Cc1cc(=O)n(C2CC(O)CCC23CCCC3)cn1. The first kappa shape index (κ1) is 12.9. The van der Waals surface area contributed by atoms with Gasteiger partial charge in [0.15, 0.2) is 0 Å². The maximum absolute atomic E-state index is 12.2. The third kappa shape index (κ3) is 2.22. The summed E-state index contributed by atoms with van der Waals surface area (Å²) in [5.41, 5.74) is 1.01. The number of aryl methyl sites for hydroxylation is 1. The van der Waals surface area contributed by atoms with Gasteiger partial charge in [0.2, 0.25) is 0 Å². The maximum atomic E-state index is 12.2. The molecule has 2 saturated carbocycles. The summed E-state index contributed by atoms with van der Waals surface area (Å²) in [6.45, 7) is 1.84. The fourth-order valence-corrected chi connectivity index (χ4v) is 4.05. The van der Waals surface area contributed by atoms with E-state index < -0.39 is 0 Å². The molecule has 4 heteroatoms. The van der Waals surface area contributed by atoms with Gasteiger partial charge in [0.1, 0.15) is 0 Å². The van der Waals surface area contributed by atoms with Crippen molar-refractivity contribution in [3.05, 3.63) is 28.4 Å². The molecule has 4 nitrogen and oxygen atoms in total. The van der Waals surface area contributed by atoms with Crippen LogP contribution in [0.25, 0.3) is 0 Å². The molecule has 19 heavy (non-hydrogen) atoms. The molecule has 2 atom stereocenters. The van der Waals surface area contributed by atoms with E-state index in [9.17, 15) is 9.90 Å². The number of nitrogens with zero attached hydrogens (tertiary/aromatic N) is 2. The summed E-state index contributed by atoms with van der Waals surface area (Å²) in [6, 6.07) is 1.73. The average Bonchev–Trinajstić information content (AvgIpc) is 2.83. The molecule has 2 aliphatic rings. The van der Waals surface area contributed by atoms with Crippen LogP contribution in [0.3, 0.4) is 0 Å². The molecule has 1 aromatic rings. The minimum Gasteiger partial charge on any atom is -0.393 e. The third-order valence-corrected chi connectivity index (χ3v) is 5.09. The van der Waals surface area contributed by atoms with Crippen molar-refractivity contribution in [1.82, 2.24) is 9.55 Å². The number of hydrogen-bond donors (Lipinski definition) is 1. The number of hydrogen-bond acceptors (Lipinski definition) is 3. The summed E-state index contributed by atoms with van der Waals surface area (Å²) >= 11 is 0. The van der Waals surface area contributed by atoms with Crippen LogP contribution in [-0.4, -0.2) is 20.8 Å². The van der Waals surface area contributed by atoms with Gasteiger partial charge in [0.25, 0.3) is 5.56 Å². The van der Waals surface area contributed by atoms with Crippen LogP contribution < -0.4 is 5.56 Å². The van der Waals surface area contributed by atoms with E-state index >= 15 is 0 Å². The minimum atomic E-state index is -0.274. The Kier molecular flexibility index (Phi) is 3.21. The lowest BCUT2D eigenvalue weighted by molar-refractivity contribution is 0.0156. The molecular weight excluding hydrogens is 240 g/mol. The Balaban J connectivity index is 2.01.